The zero-order valence-electron chi connectivity index (χ0n) is 10.7. The van der Waals surface area contributed by atoms with E-state index in [1.54, 1.807) is 0 Å². The molecule has 0 aromatic heterocycles. The first-order chi connectivity index (χ1) is 7.86. The van der Waals surface area contributed by atoms with Crippen LogP contribution in [0, 0.1) is 23.7 Å². The maximum absolute atomic E-state index is 3.09. The Balaban J connectivity index is 0.00000106. The van der Waals surface area contributed by atoms with E-state index in [1.807, 2.05) is 52.0 Å². The first-order valence-electron chi connectivity index (χ1n) is 5.94. The molecule has 84 valence electrons. The van der Waals surface area contributed by atoms with Gasteiger partial charge in [-0.1, -0.05) is 57.4 Å². The highest BCUT2D eigenvalue weighted by Crippen LogP contribution is 2.02. The van der Waals surface area contributed by atoms with Gasteiger partial charge in [-0.2, -0.15) is 0 Å². The van der Waals surface area contributed by atoms with Crippen molar-refractivity contribution in [3.63, 3.8) is 0 Å². The lowest BCUT2D eigenvalue weighted by atomic mass is 10.1. The lowest BCUT2D eigenvalue weighted by Crippen LogP contribution is -1.77. The average Bonchev–Trinajstić information content (AvgIpc) is 2.37. The molecule has 0 amide bonds. The van der Waals surface area contributed by atoms with Gasteiger partial charge in [0.1, 0.15) is 0 Å². The molecule has 0 atom stereocenters. The van der Waals surface area contributed by atoms with Gasteiger partial charge in [0, 0.05) is 24.0 Å². The van der Waals surface area contributed by atoms with Gasteiger partial charge in [-0.15, -0.1) is 0 Å². The van der Waals surface area contributed by atoms with Crippen LogP contribution in [0.25, 0.3) is 0 Å². The summed E-state index contributed by atoms with van der Waals surface area (Å²) in [5.41, 5.74) is 2.10. The van der Waals surface area contributed by atoms with E-state index in [4.69, 9.17) is 0 Å². The van der Waals surface area contributed by atoms with Crippen molar-refractivity contribution in [3.05, 3.63) is 35.4 Å². The van der Waals surface area contributed by atoms with E-state index >= 15 is 0 Å². The van der Waals surface area contributed by atoms with Crippen LogP contribution in [0.5, 0.6) is 0 Å². The molecule has 0 unspecified atom stereocenters. The quantitative estimate of drug-likeness (QED) is 0.564. The molecule has 0 fully saturated rings. The Hall–Kier alpha value is -1.66. The van der Waals surface area contributed by atoms with Crippen molar-refractivity contribution in [2.24, 2.45) is 0 Å². The second-order valence-corrected chi connectivity index (χ2v) is 2.89. The highest BCUT2D eigenvalue weighted by molar-refractivity contribution is 5.43. The average molecular weight is 212 g/mol. The second kappa shape index (κ2) is 9.88. The lowest BCUT2D eigenvalue weighted by molar-refractivity contribution is 1.28. The first-order valence-corrected chi connectivity index (χ1v) is 5.94. The van der Waals surface area contributed by atoms with Crippen molar-refractivity contribution < 1.29 is 0 Å². The van der Waals surface area contributed by atoms with Crippen LogP contribution < -0.4 is 0 Å². The molecule has 0 aliphatic heterocycles. The molecule has 0 bridgehead atoms. The molecule has 0 radical (unpaired) electrons. The van der Waals surface area contributed by atoms with Gasteiger partial charge in [-0.05, 0) is 18.2 Å². The fourth-order valence-corrected chi connectivity index (χ4v) is 1.06. The molecule has 0 spiro atoms. The predicted octanol–water partition coefficient (Wildman–Crippen LogP) is 4.24. The van der Waals surface area contributed by atoms with Crippen molar-refractivity contribution in [1.29, 1.82) is 0 Å². The van der Waals surface area contributed by atoms with Gasteiger partial charge in [-0.25, -0.2) is 0 Å². The van der Waals surface area contributed by atoms with Crippen LogP contribution in [0.1, 0.15) is 51.7 Å². The van der Waals surface area contributed by atoms with Gasteiger partial charge in [0.15, 0.2) is 0 Å². The minimum absolute atomic E-state index is 0.894. The summed E-state index contributed by atoms with van der Waals surface area (Å²) in [5.74, 6) is 12.3. The molecule has 0 aliphatic carbocycles. The smallest absolute Gasteiger partial charge is 0.0257 e. The first kappa shape index (κ1) is 14.3. The van der Waals surface area contributed by atoms with Crippen LogP contribution in [0.3, 0.4) is 0 Å². The zero-order chi connectivity index (χ0) is 12.2. The van der Waals surface area contributed by atoms with Crippen LogP contribution >= 0.6 is 0 Å². The largest absolute Gasteiger partial charge is 0.0982 e. The highest BCUT2D eigenvalue weighted by Gasteiger charge is 1.88. The third kappa shape index (κ3) is 5.94. The molecule has 0 saturated carbocycles. The van der Waals surface area contributed by atoms with Crippen LogP contribution in [0.15, 0.2) is 24.3 Å². The topological polar surface area (TPSA) is 0 Å². The van der Waals surface area contributed by atoms with Crippen molar-refractivity contribution in [2.75, 3.05) is 0 Å². The van der Waals surface area contributed by atoms with Crippen LogP contribution in [0.4, 0.5) is 0 Å². The Labute approximate surface area is 100 Å². The summed E-state index contributed by atoms with van der Waals surface area (Å²) >= 11 is 0. The summed E-state index contributed by atoms with van der Waals surface area (Å²) in [6, 6.07) is 8.06. The summed E-state index contributed by atoms with van der Waals surface area (Å²) < 4.78 is 0. The summed E-state index contributed by atoms with van der Waals surface area (Å²) in [7, 11) is 0. The van der Waals surface area contributed by atoms with Crippen molar-refractivity contribution in [2.45, 2.75) is 40.5 Å². The third-order valence-electron chi connectivity index (χ3n) is 1.68. The van der Waals surface area contributed by atoms with E-state index in [2.05, 4.69) is 23.7 Å². The van der Waals surface area contributed by atoms with E-state index in [1.165, 1.54) is 0 Å². The van der Waals surface area contributed by atoms with E-state index in [-0.39, 0.29) is 0 Å². The summed E-state index contributed by atoms with van der Waals surface area (Å²) in [6.07, 6.45) is 1.79. The normalized spacial score (nSPS) is 7.50. The number of benzene rings is 1. The predicted molar refractivity (Wildman–Crippen MR) is 72.1 cm³/mol. The summed E-state index contributed by atoms with van der Waals surface area (Å²) in [5, 5.41) is 0. The molecule has 0 saturated heterocycles. The fourth-order valence-electron chi connectivity index (χ4n) is 1.06. The Morgan fingerprint density at radius 3 is 1.69 bits per heavy atom. The van der Waals surface area contributed by atoms with E-state index in [0.29, 0.717) is 0 Å². The number of hydrogen-bond acceptors (Lipinski definition) is 0. The van der Waals surface area contributed by atoms with Crippen molar-refractivity contribution in [1.82, 2.24) is 0 Å². The van der Waals surface area contributed by atoms with E-state index < -0.39 is 0 Å². The Morgan fingerprint density at radius 1 is 0.875 bits per heavy atom. The van der Waals surface area contributed by atoms with E-state index in [9.17, 15) is 0 Å². The van der Waals surface area contributed by atoms with Gasteiger partial charge < -0.3 is 0 Å². The van der Waals surface area contributed by atoms with Gasteiger partial charge >= 0.3 is 0 Å². The summed E-state index contributed by atoms with van der Waals surface area (Å²) in [6.45, 7) is 8.10. The fraction of sp³-hybridized carbons (Fsp3) is 0.375. The minimum atomic E-state index is 0.894. The zero-order valence-corrected chi connectivity index (χ0v) is 10.7. The number of rotatable bonds is 0. The molecular formula is C16H20. The molecule has 16 heavy (non-hydrogen) atoms. The molecule has 1 aromatic rings. The SMILES string of the molecule is CC.CCC#Cc1cccc(C#CCC)c1. The van der Waals surface area contributed by atoms with Gasteiger partial charge in [-0.3, -0.25) is 0 Å². The molecule has 0 N–H and O–H groups in total. The van der Waals surface area contributed by atoms with Crippen LogP contribution in [-0.2, 0) is 0 Å². The maximum atomic E-state index is 3.09. The van der Waals surface area contributed by atoms with Gasteiger partial charge in [0.2, 0.25) is 0 Å². The second-order valence-electron chi connectivity index (χ2n) is 2.89. The molecule has 1 rings (SSSR count). The van der Waals surface area contributed by atoms with E-state index in [0.717, 1.165) is 24.0 Å². The lowest BCUT2D eigenvalue weighted by Gasteiger charge is -1.91. The molecule has 0 heteroatoms. The molecular weight excluding hydrogens is 192 g/mol. The number of hydrogen-bond donors (Lipinski definition) is 0. The van der Waals surface area contributed by atoms with Gasteiger partial charge in [0.05, 0.1) is 0 Å². The van der Waals surface area contributed by atoms with Crippen molar-refractivity contribution in [3.8, 4) is 23.7 Å². The van der Waals surface area contributed by atoms with Crippen LogP contribution in [-0.4, -0.2) is 0 Å². The Bertz CT molecular complexity index is 368. The van der Waals surface area contributed by atoms with Crippen LogP contribution in [0.2, 0.25) is 0 Å². The Kier molecular flexibility index (Phi) is 8.85. The third-order valence-corrected chi connectivity index (χ3v) is 1.68. The Morgan fingerprint density at radius 2 is 1.31 bits per heavy atom. The molecule has 1 aromatic carbocycles. The molecule has 0 aliphatic rings. The highest BCUT2D eigenvalue weighted by atomic mass is 13.9. The minimum Gasteiger partial charge on any atom is -0.0982 e. The van der Waals surface area contributed by atoms with Gasteiger partial charge in [0.25, 0.3) is 0 Å². The standard InChI is InChI=1S/C14H14.C2H6/c1-3-5-8-13-10-7-11-14(12-13)9-6-4-2;1-2/h7,10-12H,3-4H2,1-2H3;1-2H3. The van der Waals surface area contributed by atoms with Crippen molar-refractivity contribution >= 4 is 0 Å². The maximum Gasteiger partial charge on any atom is 0.0257 e. The molecule has 0 nitrogen and oxygen atoms in total. The monoisotopic (exact) mass is 212 g/mol. The molecule has 0 heterocycles. The summed E-state index contributed by atoms with van der Waals surface area (Å²) in [4.78, 5) is 0.